The normalized spacial score (nSPS) is 26.3. The highest BCUT2D eigenvalue weighted by Crippen LogP contribution is 2.18. The summed E-state index contributed by atoms with van der Waals surface area (Å²) in [4.78, 5) is 16.0. The van der Waals surface area contributed by atoms with Crippen LogP contribution in [0, 0.1) is 17.2 Å². The molecule has 2 fully saturated rings. The van der Waals surface area contributed by atoms with Crippen LogP contribution < -0.4 is 0 Å². The fraction of sp³-hybridized carbons (Fsp3) is 0.833. The van der Waals surface area contributed by atoms with Gasteiger partial charge in [-0.25, -0.2) is 4.79 Å². The molecule has 0 aromatic rings. The molecule has 2 amide bonds. The molecule has 1 unspecified atom stereocenters. The summed E-state index contributed by atoms with van der Waals surface area (Å²) in [5.74, 6) is 0.0440. The van der Waals surface area contributed by atoms with Crippen LogP contribution >= 0.6 is 0 Å². The summed E-state index contributed by atoms with van der Waals surface area (Å²) in [6.45, 7) is 3.25. The summed E-state index contributed by atoms with van der Waals surface area (Å²) >= 11 is 0. The third kappa shape index (κ3) is 2.46. The van der Waals surface area contributed by atoms with E-state index in [4.69, 9.17) is 5.26 Å². The van der Waals surface area contributed by atoms with Gasteiger partial charge in [-0.2, -0.15) is 5.26 Å². The van der Waals surface area contributed by atoms with Crippen LogP contribution in [0.4, 0.5) is 4.79 Å². The van der Waals surface area contributed by atoms with Gasteiger partial charge in [-0.1, -0.05) is 0 Å². The van der Waals surface area contributed by atoms with E-state index in [-0.39, 0.29) is 11.9 Å². The number of nitrogens with zero attached hydrogens (tertiary/aromatic N) is 3. The molecule has 0 aliphatic carbocycles. The van der Waals surface area contributed by atoms with E-state index < -0.39 is 0 Å². The third-order valence-electron chi connectivity index (χ3n) is 3.50. The number of hydrogen-bond donors (Lipinski definition) is 0. The van der Waals surface area contributed by atoms with Gasteiger partial charge in [-0.15, -0.1) is 0 Å². The van der Waals surface area contributed by atoms with Gasteiger partial charge in [0, 0.05) is 26.2 Å². The number of carbonyl (C=O) groups is 1. The van der Waals surface area contributed by atoms with E-state index in [1.165, 1.54) is 6.42 Å². The van der Waals surface area contributed by atoms with Gasteiger partial charge >= 0.3 is 6.03 Å². The van der Waals surface area contributed by atoms with Crippen molar-refractivity contribution in [2.24, 2.45) is 5.92 Å². The second-order valence-electron chi connectivity index (χ2n) is 4.74. The van der Waals surface area contributed by atoms with Gasteiger partial charge < -0.3 is 9.80 Å². The van der Waals surface area contributed by atoms with Crippen molar-refractivity contribution in [1.82, 2.24) is 9.80 Å². The largest absolute Gasteiger partial charge is 0.325 e. The van der Waals surface area contributed by atoms with Crippen molar-refractivity contribution in [3.05, 3.63) is 0 Å². The Balaban J connectivity index is 1.90. The minimum Gasteiger partial charge on any atom is -0.325 e. The first-order valence-corrected chi connectivity index (χ1v) is 6.25. The van der Waals surface area contributed by atoms with Gasteiger partial charge in [0.25, 0.3) is 0 Å². The monoisotopic (exact) mass is 221 g/mol. The lowest BCUT2D eigenvalue weighted by molar-refractivity contribution is 0.128. The minimum atomic E-state index is 0.0440. The van der Waals surface area contributed by atoms with E-state index in [0.717, 1.165) is 45.3 Å². The topological polar surface area (TPSA) is 47.3 Å². The molecule has 2 heterocycles. The number of amides is 2. The van der Waals surface area contributed by atoms with Gasteiger partial charge in [0.2, 0.25) is 0 Å². The molecule has 1 atom stereocenters. The van der Waals surface area contributed by atoms with Crippen LogP contribution in [0.25, 0.3) is 0 Å². The van der Waals surface area contributed by atoms with E-state index >= 15 is 0 Å². The highest BCUT2D eigenvalue weighted by atomic mass is 16.2. The maximum atomic E-state index is 12.2. The summed E-state index contributed by atoms with van der Waals surface area (Å²) in [5, 5.41) is 8.90. The number of piperidine rings is 2. The maximum Gasteiger partial charge on any atom is 0.320 e. The van der Waals surface area contributed by atoms with Gasteiger partial charge in [0.05, 0.1) is 12.0 Å². The highest BCUT2D eigenvalue weighted by Gasteiger charge is 2.27. The predicted molar refractivity (Wildman–Crippen MR) is 60.7 cm³/mol. The zero-order chi connectivity index (χ0) is 11.4. The third-order valence-corrected chi connectivity index (χ3v) is 3.50. The van der Waals surface area contributed by atoms with E-state index in [1.54, 1.807) is 0 Å². The van der Waals surface area contributed by atoms with Crippen molar-refractivity contribution in [3.63, 3.8) is 0 Å². The molecule has 0 aromatic heterocycles. The number of urea groups is 1. The van der Waals surface area contributed by atoms with Crippen LogP contribution in [0.5, 0.6) is 0 Å². The van der Waals surface area contributed by atoms with Crippen molar-refractivity contribution in [3.8, 4) is 6.07 Å². The van der Waals surface area contributed by atoms with Crippen LogP contribution in [-0.2, 0) is 0 Å². The van der Waals surface area contributed by atoms with Crippen molar-refractivity contribution < 1.29 is 4.79 Å². The number of rotatable bonds is 0. The molecule has 2 rings (SSSR count). The smallest absolute Gasteiger partial charge is 0.320 e. The zero-order valence-electron chi connectivity index (χ0n) is 9.69. The average Bonchev–Trinajstić information content (AvgIpc) is 2.39. The quantitative estimate of drug-likeness (QED) is 0.626. The first kappa shape index (κ1) is 11.3. The van der Waals surface area contributed by atoms with Crippen LogP contribution in [0.2, 0.25) is 0 Å². The van der Waals surface area contributed by atoms with Gasteiger partial charge in [0.1, 0.15) is 0 Å². The molecule has 0 aromatic carbocycles. The fourth-order valence-electron chi connectivity index (χ4n) is 2.54. The molecule has 0 N–H and O–H groups in total. The number of hydrogen-bond acceptors (Lipinski definition) is 2. The summed E-state index contributed by atoms with van der Waals surface area (Å²) in [6, 6.07) is 2.43. The Kier molecular flexibility index (Phi) is 3.66. The van der Waals surface area contributed by atoms with E-state index in [9.17, 15) is 4.79 Å². The second-order valence-corrected chi connectivity index (χ2v) is 4.74. The Bertz CT molecular complexity index is 291. The predicted octanol–water partition coefficient (Wildman–Crippen LogP) is 1.83. The number of likely N-dealkylation sites (tertiary alicyclic amines) is 2. The summed E-state index contributed by atoms with van der Waals surface area (Å²) in [5.41, 5.74) is 0. The Morgan fingerprint density at radius 2 is 1.75 bits per heavy atom. The Morgan fingerprint density at radius 3 is 2.44 bits per heavy atom. The molecule has 0 saturated carbocycles. The van der Waals surface area contributed by atoms with E-state index in [2.05, 4.69) is 6.07 Å². The lowest BCUT2D eigenvalue weighted by atomic mass is 10.00. The van der Waals surface area contributed by atoms with Crippen molar-refractivity contribution >= 4 is 6.03 Å². The zero-order valence-corrected chi connectivity index (χ0v) is 9.69. The Hall–Kier alpha value is -1.24. The lowest BCUT2D eigenvalue weighted by Crippen LogP contribution is -2.48. The van der Waals surface area contributed by atoms with Gasteiger partial charge in [0.15, 0.2) is 0 Å². The van der Waals surface area contributed by atoms with E-state index in [0.29, 0.717) is 6.54 Å². The highest BCUT2D eigenvalue weighted by molar-refractivity contribution is 5.74. The summed E-state index contributed by atoms with van der Waals surface area (Å²) in [7, 11) is 0. The van der Waals surface area contributed by atoms with E-state index in [1.807, 2.05) is 9.80 Å². The Labute approximate surface area is 96.8 Å². The number of carbonyl (C=O) groups excluding carboxylic acids is 1. The molecule has 0 spiro atoms. The van der Waals surface area contributed by atoms with Crippen molar-refractivity contribution in [1.29, 1.82) is 5.26 Å². The van der Waals surface area contributed by atoms with Crippen LogP contribution in [0.1, 0.15) is 32.1 Å². The van der Waals surface area contributed by atoms with Crippen LogP contribution in [-0.4, -0.2) is 42.0 Å². The molecule has 2 saturated heterocycles. The Morgan fingerprint density at radius 1 is 1.06 bits per heavy atom. The lowest BCUT2D eigenvalue weighted by Gasteiger charge is -2.36. The number of nitriles is 1. The van der Waals surface area contributed by atoms with Crippen molar-refractivity contribution in [2.45, 2.75) is 32.1 Å². The van der Waals surface area contributed by atoms with Gasteiger partial charge in [-0.3, -0.25) is 0 Å². The molecule has 4 heteroatoms. The minimum absolute atomic E-state index is 0.0440. The standard InChI is InChI=1S/C12H19N3O/c13-9-11-5-4-8-15(10-11)12(16)14-6-2-1-3-7-14/h11H,1-8,10H2. The molecule has 0 radical (unpaired) electrons. The second kappa shape index (κ2) is 5.20. The molecule has 2 aliphatic rings. The first-order chi connectivity index (χ1) is 7.81. The molecule has 2 aliphatic heterocycles. The van der Waals surface area contributed by atoms with Crippen LogP contribution in [0.15, 0.2) is 0 Å². The molecule has 88 valence electrons. The van der Waals surface area contributed by atoms with Gasteiger partial charge in [-0.05, 0) is 32.1 Å². The molecule has 0 bridgehead atoms. The average molecular weight is 221 g/mol. The molecule has 16 heavy (non-hydrogen) atoms. The van der Waals surface area contributed by atoms with Crippen molar-refractivity contribution in [2.75, 3.05) is 26.2 Å². The first-order valence-electron chi connectivity index (χ1n) is 6.25. The molecule has 4 nitrogen and oxygen atoms in total. The SMILES string of the molecule is N#CC1CCCN(C(=O)N2CCCCC2)C1. The fourth-order valence-corrected chi connectivity index (χ4v) is 2.54. The summed E-state index contributed by atoms with van der Waals surface area (Å²) in [6.07, 6.45) is 5.41. The van der Waals surface area contributed by atoms with Crippen LogP contribution in [0.3, 0.4) is 0 Å². The maximum absolute atomic E-state index is 12.2. The summed E-state index contributed by atoms with van der Waals surface area (Å²) < 4.78 is 0. The molecular formula is C12H19N3O. The molecular weight excluding hydrogens is 202 g/mol.